The van der Waals surface area contributed by atoms with Crippen molar-refractivity contribution in [2.45, 2.75) is 39.3 Å². The van der Waals surface area contributed by atoms with Crippen molar-refractivity contribution in [3.05, 3.63) is 95.4 Å². The van der Waals surface area contributed by atoms with Crippen LogP contribution in [0, 0.1) is 13.8 Å². The van der Waals surface area contributed by atoms with Gasteiger partial charge in [0.15, 0.2) is 0 Å². The molecule has 178 valence electrons. The third kappa shape index (κ3) is 5.66. The highest BCUT2D eigenvalue weighted by Gasteiger charge is 2.23. The molecule has 1 atom stereocenters. The van der Waals surface area contributed by atoms with Gasteiger partial charge in [0.1, 0.15) is 0 Å². The van der Waals surface area contributed by atoms with Crippen LogP contribution in [-0.2, 0) is 17.8 Å². The number of amides is 1. The molecule has 1 fully saturated rings. The van der Waals surface area contributed by atoms with E-state index in [0.29, 0.717) is 18.2 Å². The molecule has 3 aromatic carbocycles. The molecule has 0 aliphatic carbocycles. The summed E-state index contributed by atoms with van der Waals surface area (Å²) in [5, 5.41) is 11.3. The lowest BCUT2D eigenvalue weighted by Crippen LogP contribution is -2.37. The van der Waals surface area contributed by atoms with E-state index in [9.17, 15) is 4.79 Å². The lowest BCUT2D eigenvalue weighted by Gasteiger charge is -2.17. The quantitative estimate of drug-likeness (QED) is 0.417. The zero-order valence-electron chi connectivity index (χ0n) is 20.2. The Morgan fingerprint density at radius 2 is 1.74 bits per heavy atom. The number of rotatable bonds is 7. The van der Waals surface area contributed by atoms with Gasteiger partial charge in [-0.2, -0.15) is 0 Å². The van der Waals surface area contributed by atoms with Crippen LogP contribution in [-0.4, -0.2) is 40.1 Å². The average molecular weight is 467 g/mol. The summed E-state index contributed by atoms with van der Waals surface area (Å²) in [5.41, 5.74) is 6.58. The summed E-state index contributed by atoms with van der Waals surface area (Å²) < 4.78 is 5.58. The monoisotopic (exact) mass is 466 g/mol. The van der Waals surface area contributed by atoms with E-state index < -0.39 is 0 Å². The van der Waals surface area contributed by atoms with Crippen LogP contribution in [0.3, 0.4) is 0 Å². The number of benzene rings is 3. The number of likely N-dealkylation sites (tertiary alicyclic amines) is 1. The third-order valence-electron chi connectivity index (χ3n) is 6.53. The molecule has 0 spiro atoms. The highest BCUT2D eigenvalue weighted by atomic mass is 16.4. The Bertz CT molecular complexity index is 1300. The van der Waals surface area contributed by atoms with Gasteiger partial charge >= 0.3 is 0 Å². The van der Waals surface area contributed by atoms with Crippen LogP contribution in [0.1, 0.15) is 29.0 Å². The number of hydrogen-bond donors (Lipinski definition) is 1. The Labute approximate surface area is 206 Å². The maximum absolute atomic E-state index is 12.7. The van der Waals surface area contributed by atoms with Crippen LogP contribution >= 0.6 is 0 Å². The zero-order chi connectivity index (χ0) is 24.2. The van der Waals surface area contributed by atoms with E-state index in [1.165, 1.54) is 5.56 Å². The normalized spacial score (nSPS) is 15.9. The van der Waals surface area contributed by atoms with Crippen LogP contribution in [0.5, 0.6) is 0 Å². The average Bonchev–Trinajstić information content (AvgIpc) is 3.49. The zero-order valence-corrected chi connectivity index (χ0v) is 20.2. The van der Waals surface area contributed by atoms with Gasteiger partial charge in [-0.3, -0.25) is 9.69 Å². The molecule has 1 amide bonds. The summed E-state index contributed by atoms with van der Waals surface area (Å²) in [6.07, 6.45) is 1.38. The minimum absolute atomic E-state index is 0.0780. The Kier molecular flexibility index (Phi) is 6.73. The van der Waals surface area contributed by atoms with E-state index in [1.54, 1.807) is 6.92 Å². The highest BCUT2D eigenvalue weighted by molar-refractivity contribution is 5.79. The van der Waals surface area contributed by atoms with Crippen molar-refractivity contribution in [3.63, 3.8) is 0 Å². The molecule has 5 rings (SSSR count). The van der Waals surface area contributed by atoms with Crippen molar-refractivity contribution in [3.8, 4) is 22.6 Å². The van der Waals surface area contributed by atoms with Gasteiger partial charge in [0.25, 0.3) is 0 Å². The molecule has 0 saturated carbocycles. The largest absolute Gasteiger partial charge is 0.421 e. The lowest BCUT2D eigenvalue weighted by molar-refractivity contribution is -0.121. The Morgan fingerprint density at radius 3 is 2.49 bits per heavy atom. The number of nitrogens with one attached hydrogen (secondary N) is 1. The van der Waals surface area contributed by atoms with Crippen LogP contribution < -0.4 is 5.32 Å². The summed E-state index contributed by atoms with van der Waals surface area (Å²) in [7, 11) is 0. The molecular weight excluding hydrogens is 436 g/mol. The van der Waals surface area contributed by atoms with Crippen LogP contribution in [0.4, 0.5) is 0 Å². The molecule has 6 nitrogen and oxygen atoms in total. The summed E-state index contributed by atoms with van der Waals surface area (Å²) in [4.78, 5) is 15.1. The lowest BCUT2D eigenvalue weighted by atomic mass is 9.96. The van der Waals surface area contributed by atoms with Crippen LogP contribution in [0.25, 0.3) is 22.6 Å². The molecule has 1 unspecified atom stereocenters. The molecule has 1 N–H and O–H groups in total. The van der Waals surface area contributed by atoms with Crippen molar-refractivity contribution in [1.82, 2.24) is 20.4 Å². The van der Waals surface area contributed by atoms with Gasteiger partial charge in [0.2, 0.25) is 17.7 Å². The molecule has 2 heterocycles. The SMILES string of the molecule is Cc1nnc(-c2ccc(C)c(-c3ccc(CC(=O)NC4CCN(Cc5ccccc5)C4)cc3)c2)o1. The number of carbonyl (C=O) groups is 1. The molecule has 4 aromatic rings. The van der Waals surface area contributed by atoms with Gasteiger partial charge in [-0.25, -0.2) is 0 Å². The Balaban J connectivity index is 1.18. The minimum atomic E-state index is 0.0780. The van der Waals surface area contributed by atoms with Gasteiger partial charge in [0.05, 0.1) is 6.42 Å². The number of aromatic nitrogens is 2. The topological polar surface area (TPSA) is 71.3 Å². The number of hydrogen-bond acceptors (Lipinski definition) is 5. The van der Waals surface area contributed by atoms with Crippen molar-refractivity contribution < 1.29 is 9.21 Å². The fraction of sp³-hybridized carbons (Fsp3) is 0.276. The summed E-state index contributed by atoms with van der Waals surface area (Å²) in [6, 6.07) is 25.1. The highest BCUT2D eigenvalue weighted by Crippen LogP contribution is 2.29. The van der Waals surface area contributed by atoms with Crippen molar-refractivity contribution in [2.24, 2.45) is 0 Å². The molecule has 1 aromatic heterocycles. The van der Waals surface area contributed by atoms with E-state index in [-0.39, 0.29) is 11.9 Å². The van der Waals surface area contributed by atoms with Crippen molar-refractivity contribution in [1.29, 1.82) is 0 Å². The van der Waals surface area contributed by atoms with Crippen molar-refractivity contribution in [2.75, 3.05) is 13.1 Å². The number of carbonyl (C=O) groups excluding carboxylic acids is 1. The smallest absolute Gasteiger partial charge is 0.247 e. The summed E-state index contributed by atoms with van der Waals surface area (Å²) in [5.74, 6) is 1.15. The van der Waals surface area contributed by atoms with E-state index in [4.69, 9.17) is 4.42 Å². The first kappa shape index (κ1) is 23.0. The Hall–Kier alpha value is -3.77. The first-order valence-corrected chi connectivity index (χ1v) is 12.1. The summed E-state index contributed by atoms with van der Waals surface area (Å²) in [6.45, 7) is 6.71. The van der Waals surface area contributed by atoms with Crippen LogP contribution in [0.2, 0.25) is 0 Å². The first-order valence-electron chi connectivity index (χ1n) is 12.1. The Morgan fingerprint density at radius 1 is 0.971 bits per heavy atom. The fourth-order valence-electron chi connectivity index (χ4n) is 4.68. The summed E-state index contributed by atoms with van der Waals surface area (Å²) >= 11 is 0. The molecule has 6 heteroatoms. The van der Waals surface area contributed by atoms with Gasteiger partial charge in [-0.05, 0) is 53.3 Å². The first-order chi connectivity index (χ1) is 17.0. The second-order valence-corrected chi connectivity index (χ2v) is 9.30. The second-order valence-electron chi connectivity index (χ2n) is 9.30. The minimum Gasteiger partial charge on any atom is -0.421 e. The van der Waals surface area contributed by atoms with Gasteiger partial charge in [-0.15, -0.1) is 10.2 Å². The molecule has 1 aliphatic heterocycles. The van der Waals surface area contributed by atoms with Crippen LogP contribution in [0.15, 0.2) is 77.2 Å². The molecule has 0 radical (unpaired) electrons. The van der Waals surface area contributed by atoms with E-state index >= 15 is 0 Å². The third-order valence-corrected chi connectivity index (χ3v) is 6.53. The molecule has 1 aliphatic rings. The maximum atomic E-state index is 12.7. The second kappa shape index (κ2) is 10.2. The fourth-order valence-corrected chi connectivity index (χ4v) is 4.68. The number of aryl methyl sites for hydroxylation is 2. The van der Waals surface area contributed by atoms with E-state index in [0.717, 1.165) is 53.9 Å². The van der Waals surface area contributed by atoms with E-state index in [2.05, 4.69) is 75.9 Å². The standard InChI is InChI=1S/C29H30N4O2/c1-20-8-11-25(29-32-31-21(2)35-29)17-27(20)24-12-9-22(10-13-24)16-28(34)30-26-14-15-33(19-26)18-23-6-4-3-5-7-23/h3-13,17,26H,14-16,18-19H2,1-2H3,(H,30,34). The number of nitrogens with zero attached hydrogens (tertiary/aromatic N) is 3. The van der Waals surface area contributed by atoms with Gasteiger partial charge in [-0.1, -0.05) is 60.7 Å². The molecule has 1 saturated heterocycles. The molecule has 0 bridgehead atoms. The molecular formula is C29H30N4O2. The molecule has 35 heavy (non-hydrogen) atoms. The van der Waals surface area contributed by atoms with Crippen molar-refractivity contribution >= 4 is 5.91 Å². The van der Waals surface area contributed by atoms with E-state index in [1.807, 2.05) is 24.3 Å². The van der Waals surface area contributed by atoms with Gasteiger partial charge < -0.3 is 9.73 Å². The maximum Gasteiger partial charge on any atom is 0.247 e. The predicted molar refractivity (Wildman–Crippen MR) is 137 cm³/mol. The van der Waals surface area contributed by atoms with Gasteiger partial charge in [0, 0.05) is 38.2 Å². The predicted octanol–water partition coefficient (Wildman–Crippen LogP) is 4.95.